The number of aromatic nitrogens is 1. The number of hydrogen-bond acceptors (Lipinski definition) is 6. The maximum Gasteiger partial charge on any atom is 0.407 e. The molecule has 0 aliphatic carbocycles. The van der Waals surface area contributed by atoms with Gasteiger partial charge < -0.3 is 26.0 Å². The first-order valence-corrected chi connectivity index (χ1v) is 6.66. The van der Waals surface area contributed by atoms with Crippen LogP contribution in [0, 0.1) is 6.92 Å². The minimum absolute atomic E-state index is 0.175. The molecule has 21 heavy (non-hydrogen) atoms. The Labute approximate surface area is 124 Å². The van der Waals surface area contributed by atoms with E-state index in [1.165, 1.54) is 0 Å². The largest absolute Gasteiger partial charge is 0.444 e. The summed E-state index contributed by atoms with van der Waals surface area (Å²) in [5, 5.41) is 22.4. The van der Waals surface area contributed by atoms with E-state index in [2.05, 4.69) is 10.3 Å². The van der Waals surface area contributed by atoms with Gasteiger partial charge in [-0.2, -0.15) is 0 Å². The fourth-order valence-corrected chi connectivity index (χ4v) is 1.62. The predicted molar refractivity (Wildman–Crippen MR) is 78.6 cm³/mol. The van der Waals surface area contributed by atoms with Crippen molar-refractivity contribution in [3.63, 3.8) is 0 Å². The van der Waals surface area contributed by atoms with E-state index in [0.717, 1.165) is 0 Å². The van der Waals surface area contributed by atoms with Crippen molar-refractivity contribution >= 4 is 11.8 Å². The van der Waals surface area contributed by atoms with Crippen LogP contribution < -0.4 is 11.1 Å². The van der Waals surface area contributed by atoms with Crippen molar-refractivity contribution in [1.82, 2.24) is 10.3 Å². The van der Waals surface area contributed by atoms with E-state index in [-0.39, 0.29) is 17.9 Å². The topological polar surface area (TPSA) is 118 Å². The third-order valence-electron chi connectivity index (χ3n) is 2.60. The van der Waals surface area contributed by atoms with Gasteiger partial charge in [-0.25, -0.2) is 4.79 Å². The fourth-order valence-electron chi connectivity index (χ4n) is 1.62. The second-order valence-corrected chi connectivity index (χ2v) is 5.82. The van der Waals surface area contributed by atoms with Gasteiger partial charge >= 0.3 is 6.09 Å². The molecular formula is C14H23N3O4. The number of carbonyl (C=O) groups excluding carboxylic acids is 1. The molecule has 1 heterocycles. The van der Waals surface area contributed by atoms with E-state index in [1.54, 1.807) is 39.8 Å². The summed E-state index contributed by atoms with van der Waals surface area (Å²) in [5.41, 5.74) is 6.24. The Balaban J connectivity index is 2.61. The maximum atomic E-state index is 11.5. The van der Waals surface area contributed by atoms with Crippen LogP contribution in [-0.4, -0.2) is 39.5 Å². The second kappa shape index (κ2) is 6.73. The average Bonchev–Trinajstić information content (AvgIpc) is 2.36. The average molecular weight is 297 g/mol. The van der Waals surface area contributed by atoms with E-state index >= 15 is 0 Å². The number of rotatable bonds is 4. The SMILES string of the molecule is Cc1ccc(N)c(C(O)C(O)CNC(=O)OC(C)(C)C)n1. The summed E-state index contributed by atoms with van der Waals surface area (Å²) >= 11 is 0. The molecule has 2 unspecified atom stereocenters. The Bertz CT molecular complexity index is 499. The number of aliphatic hydroxyl groups is 2. The van der Waals surface area contributed by atoms with Crippen LogP contribution in [0.4, 0.5) is 10.5 Å². The number of nitrogen functional groups attached to an aromatic ring is 1. The summed E-state index contributed by atoms with van der Waals surface area (Å²) in [5.74, 6) is 0. The summed E-state index contributed by atoms with van der Waals surface area (Å²) in [6.07, 6.45) is -3.20. The Kier molecular flexibility index (Phi) is 5.51. The molecule has 1 rings (SSSR count). The monoisotopic (exact) mass is 297 g/mol. The number of pyridine rings is 1. The highest BCUT2D eigenvalue weighted by atomic mass is 16.6. The van der Waals surface area contributed by atoms with Crippen LogP contribution in [0.5, 0.6) is 0 Å². The molecule has 1 aromatic heterocycles. The van der Waals surface area contributed by atoms with Gasteiger partial charge in [0.15, 0.2) is 0 Å². The number of anilines is 1. The van der Waals surface area contributed by atoms with Crippen LogP contribution >= 0.6 is 0 Å². The summed E-state index contributed by atoms with van der Waals surface area (Å²) in [6.45, 7) is 6.77. The molecule has 0 radical (unpaired) electrons. The van der Waals surface area contributed by atoms with Gasteiger partial charge in [0.05, 0.1) is 11.4 Å². The number of aliphatic hydroxyl groups excluding tert-OH is 2. The van der Waals surface area contributed by atoms with Gasteiger partial charge in [-0.05, 0) is 39.8 Å². The Hall–Kier alpha value is -1.86. The molecule has 0 saturated heterocycles. The fraction of sp³-hybridized carbons (Fsp3) is 0.571. The highest BCUT2D eigenvalue weighted by Crippen LogP contribution is 2.21. The van der Waals surface area contributed by atoms with Crippen LogP contribution in [-0.2, 0) is 4.74 Å². The second-order valence-electron chi connectivity index (χ2n) is 5.82. The van der Waals surface area contributed by atoms with Crippen molar-refractivity contribution in [1.29, 1.82) is 0 Å². The molecule has 0 bridgehead atoms. The van der Waals surface area contributed by atoms with Crippen LogP contribution in [0.3, 0.4) is 0 Å². The number of amides is 1. The maximum absolute atomic E-state index is 11.5. The molecule has 0 spiro atoms. The summed E-state index contributed by atoms with van der Waals surface area (Å²) in [4.78, 5) is 15.6. The van der Waals surface area contributed by atoms with Gasteiger partial charge in [0.25, 0.3) is 0 Å². The zero-order chi connectivity index (χ0) is 16.2. The van der Waals surface area contributed by atoms with E-state index in [0.29, 0.717) is 5.69 Å². The van der Waals surface area contributed by atoms with Crippen molar-refractivity contribution in [3.8, 4) is 0 Å². The molecule has 5 N–H and O–H groups in total. The zero-order valence-electron chi connectivity index (χ0n) is 12.8. The summed E-state index contributed by atoms with van der Waals surface area (Å²) in [7, 11) is 0. The Morgan fingerprint density at radius 3 is 2.62 bits per heavy atom. The van der Waals surface area contributed by atoms with Crippen LogP contribution in [0.25, 0.3) is 0 Å². The lowest BCUT2D eigenvalue weighted by molar-refractivity contribution is 0.0112. The molecule has 7 heteroatoms. The minimum atomic E-state index is -1.29. The van der Waals surface area contributed by atoms with Gasteiger partial charge in [-0.15, -0.1) is 0 Å². The lowest BCUT2D eigenvalue weighted by Gasteiger charge is -2.22. The van der Waals surface area contributed by atoms with Gasteiger partial charge in [-0.1, -0.05) is 0 Å². The highest BCUT2D eigenvalue weighted by Gasteiger charge is 2.24. The Morgan fingerprint density at radius 2 is 2.05 bits per heavy atom. The molecule has 0 aliphatic heterocycles. The molecule has 0 aromatic carbocycles. The van der Waals surface area contributed by atoms with Crippen molar-refractivity contribution in [2.24, 2.45) is 0 Å². The molecule has 2 atom stereocenters. The van der Waals surface area contributed by atoms with Crippen LogP contribution in [0.1, 0.15) is 38.3 Å². The van der Waals surface area contributed by atoms with Crippen LogP contribution in [0.15, 0.2) is 12.1 Å². The molecule has 0 saturated carbocycles. The number of ether oxygens (including phenoxy) is 1. The smallest absolute Gasteiger partial charge is 0.407 e. The number of nitrogens with one attached hydrogen (secondary N) is 1. The highest BCUT2D eigenvalue weighted by molar-refractivity contribution is 5.67. The third-order valence-corrected chi connectivity index (χ3v) is 2.60. The molecule has 0 fully saturated rings. The molecule has 1 amide bonds. The lowest BCUT2D eigenvalue weighted by atomic mass is 10.1. The number of alkyl carbamates (subject to hydrolysis) is 1. The van der Waals surface area contributed by atoms with Crippen molar-refractivity contribution < 1.29 is 19.7 Å². The number of carbonyl (C=O) groups is 1. The van der Waals surface area contributed by atoms with Crippen molar-refractivity contribution in [3.05, 3.63) is 23.5 Å². The minimum Gasteiger partial charge on any atom is -0.444 e. The normalized spacial score (nSPS) is 14.4. The number of hydrogen-bond donors (Lipinski definition) is 4. The van der Waals surface area contributed by atoms with Gasteiger partial charge in [0, 0.05) is 12.2 Å². The Morgan fingerprint density at radius 1 is 1.43 bits per heavy atom. The molecule has 7 nitrogen and oxygen atoms in total. The first-order chi connectivity index (χ1) is 9.60. The number of nitrogens with zero attached hydrogens (tertiary/aromatic N) is 1. The van der Waals surface area contributed by atoms with Gasteiger partial charge in [0.2, 0.25) is 0 Å². The molecule has 1 aromatic rings. The van der Waals surface area contributed by atoms with Gasteiger partial charge in [-0.3, -0.25) is 4.98 Å². The van der Waals surface area contributed by atoms with Crippen molar-refractivity contribution in [2.75, 3.05) is 12.3 Å². The van der Waals surface area contributed by atoms with Crippen LogP contribution in [0.2, 0.25) is 0 Å². The number of aryl methyl sites for hydroxylation is 1. The standard InChI is InChI=1S/C14H23N3O4/c1-8-5-6-9(15)11(17-8)12(19)10(18)7-16-13(20)21-14(2,3)4/h5-6,10,12,18-19H,7,15H2,1-4H3,(H,16,20). The number of nitrogens with two attached hydrogens (primary N) is 1. The lowest BCUT2D eigenvalue weighted by Crippen LogP contribution is -2.39. The van der Waals surface area contributed by atoms with E-state index < -0.39 is 23.9 Å². The zero-order valence-corrected chi connectivity index (χ0v) is 12.8. The first kappa shape index (κ1) is 17.2. The summed E-state index contributed by atoms with van der Waals surface area (Å²) < 4.78 is 5.03. The quantitative estimate of drug-likeness (QED) is 0.655. The third kappa shape index (κ3) is 5.57. The first-order valence-electron chi connectivity index (χ1n) is 6.66. The van der Waals surface area contributed by atoms with Crippen molar-refractivity contribution in [2.45, 2.75) is 45.5 Å². The molecular weight excluding hydrogens is 274 g/mol. The summed E-state index contributed by atoms with van der Waals surface area (Å²) in [6, 6.07) is 3.31. The van der Waals surface area contributed by atoms with E-state index in [9.17, 15) is 15.0 Å². The predicted octanol–water partition coefficient (Wildman–Crippen LogP) is 0.891. The van der Waals surface area contributed by atoms with E-state index in [4.69, 9.17) is 10.5 Å². The van der Waals surface area contributed by atoms with E-state index in [1.807, 2.05) is 0 Å². The molecule has 0 aliphatic rings. The van der Waals surface area contributed by atoms with Gasteiger partial charge in [0.1, 0.15) is 17.8 Å². The molecule has 118 valence electrons.